The van der Waals surface area contributed by atoms with Crippen LogP contribution in [0.15, 0.2) is 46.9 Å². The predicted molar refractivity (Wildman–Crippen MR) is 87.0 cm³/mol. The number of aliphatic hydroxyl groups excluding tert-OH is 1. The Bertz CT molecular complexity index is 579. The summed E-state index contributed by atoms with van der Waals surface area (Å²) in [5, 5.41) is 9.79. The van der Waals surface area contributed by atoms with Crippen molar-refractivity contribution in [1.82, 2.24) is 0 Å². The molecule has 21 heavy (non-hydrogen) atoms. The van der Waals surface area contributed by atoms with Crippen molar-refractivity contribution in [3.05, 3.63) is 58.1 Å². The Labute approximate surface area is 133 Å². The molecule has 2 aromatic carbocycles. The summed E-state index contributed by atoms with van der Waals surface area (Å²) in [6.07, 6.45) is 0.248. The van der Waals surface area contributed by atoms with E-state index in [0.29, 0.717) is 6.61 Å². The molecule has 0 unspecified atom stereocenters. The van der Waals surface area contributed by atoms with Crippen molar-refractivity contribution in [3.63, 3.8) is 0 Å². The van der Waals surface area contributed by atoms with Gasteiger partial charge in [-0.1, -0.05) is 28.1 Å². The highest BCUT2D eigenvalue weighted by atomic mass is 79.9. The van der Waals surface area contributed by atoms with E-state index >= 15 is 0 Å². The summed E-state index contributed by atoms with van der Waals surface area (Å²) in [5.41, 5.74) is 1.98. The molecule has 0 aliphatic heterocycles. The van der Waals surface area contributed by atoms with Crippen LogP contribution in [0.25, 0.3) is 0 Å². The van der Waals surface area contributed by atoms with Gasteiger partial charge in [-0.3, -0.25) is 0 Å². The van der Waals surface area contributed by atoms with Gasteiger partial charge in [0, 0.05) is 16.5 Å². The van der Waals surface area contributed by atoms with Crippen LogP contribution in [0.3, 0.4) is 0 Å². The summed E-state index contributed by atoms with van der Waals surface area (Å²) in [5.74, 6) is 1.57. The van der Waals surface area contributed by atoms with Gasteiger partial charge in [-0.15, -0.1) is 0 Å². The molecule has 0 heterocycles. The maximum absolute atomic E-state index is 9.79. The van der Waals surface area contributed by atoms with E-state index in [-0.39, 0.29) is 0 Å². The lowest BCUT2D eigenvalue weighted by Crippen LogP contribution is -2.05. The van der Waals surface area contributed by atoms with Crippen molar-refractivity contribution in [3.8, 4) is 11.5 Å². The van der Waals surface area contributed by atoms with Gasteiger partial charge in [0.15, 0.2) is 0 Å². The van der Waals surface area contributed by atoms with Crippen molar-refractivity contribution in [2.75, 3.05) is 13.7 Å². The number of rotatable bonds is 6. The summed E-state index contributed by atoms with van der Waals surface area (Å²) in [6, 6.07) is 13.6. The average molecular weight is 351 g/mol. The first-order chi connectivity index (χ1) is 10.1. The van der Waals surface area contributed by atoms with Crippen molar-refractivity contribution in [2.24, 2.45) is 0 Å². The number of methoxy groups -OCH3 is 1. The Morgan fingerprint density at radius 2 is 1.86 bits per heavy atom. The molecule has 3 nitrogen and oxygen atoms in total. The summed E-state index contributed by atoms with van der Waals surface area (Å²) < 4.78 is 11.9. The lowest BCUT2D eigenvalue weighted by atomic mass is 10.1. The highest BCUT2D eigenvalue weighted by Crippen LogP contribution is 2.28. The van der Waals surface area contributed by atoms with Crippen LogP contribution in [0.2, 0.25) is 0 Å². The number of ether oxygens (including phenoxy) is 2. The second-order valence-electron chi connectivity index (χ2n) is 4.80. The smallest absolute Gasteiger partial charge is 0.125 e. The standard InChI is InChI=1S/C17H19BrO3/c1-12(19)16-11-14(18)5-8-17(16)21-10-9-13-3-6-15(20-2)7-4-13/h3-8,11-12,19H,9-10H2,1-2H3/t12-/m1/s1. The topological polar surface area (TPSA) is 38.7 Å². The zero-order valence-electron chi connectivity index (χ0n) is 12.2. The molecule has 0 fully saturated rings. The molecule has 2 rings (SSSR count). The molecule has 0 aliphatic rings. The molecular formula is C17H19BrO3. The zero-order chi connectivity index (χ0) is 15.2. The van der Waals surface area contributed by atoms with Gasteiger partial charge in [-0.25, -0.2) is 0 Å². The van der Waals surface area contributed by atoms with E-state index in [0.717, 1.165) is 28.0 Å². The largest absolute Gasteiger partial charge is 0.497 e. The van der Waals surface area contributed by atoms with Gasteiger partial charge in [0.1, 0.15) is 11.5 Å². The number of benzene rings is 2. The van der Waals surface area contributed by atoms with Crippen LogP contribution in [0.4, 0.5) is 0 Å². The molecule has 0 aliphatic carbocycles. The third-order valence-electron chi connectivity index (χ3n) is 3.23. The summed E-state index contributed by atoms with van der Waals surface area (Å²) >= 11 is 3.40. The zero-order valence-corrected chi connectivity index (χ0v) is 13.8. The number of aliphatic hydroxyl groups is 1. The summed E-state index contributed by atoms with van der Waals surface area (Å²) in [4.78, 5) is 0. The molecule has 1 N–H and O–H groups in total. The van der Waals surface area contributed by atoms with Gasteiger partial charge in [-0.05, 0) is 42.8 Å². The van der Waals surface area contributed by atoms with E-state index in [4.69, 9.17) is 9.47 Å². The van der Waals surface area contributed by atoms with Crippen LogP contribution in [0.5, 0.6) is 11.5 Å². The molecule has 0 saturated carbocycles. The average Bonchev–Trinajstić information content (AvgIpc) is 2.49. The molecule has 0 saturated heterocycles. The predicted octanol–water partition coefficient (Wildman–Crippen LogP) is 4.13. The first kappa shape index (κ1) is 15.9. The number of hydrogen-bond acceptors (Lipinski definition) is 3. The fourth-order valence-electron chi connectivity index (χ4n) is 2.05. The minimum absolute atomic E-state index is 0.557. The quantitative estimate of drug-likeness (QED) is 0.850. The van der Waals surface area contributed by atoms with Crippen molar-refractivity contribution in [2.45, 2.75) is 19.4 Å². The molecule has 4 heteroatoms. The lowest BCUT2D eigenvalue weighted by molar-refractivity contribution is 0.191. The third kappa shape index (κ3) is 4.48. The fourth-order valence-corrected chi connectivity index (χ4v) is 2.43. The van der Waals surface area contributed by atoms with E-state index < -0.39 is 6.10 Å². The Morgan fingerprint density at radius 3 is 2.48 bits per heavy atom. The normalized spacial score (nSPS) is 12.0. The molecule has 0 bridgehead atoms. The van der Waals surface area contributed by atoms with Crippen molar-refractivity contribution >= 4 is 15.9 Å². The lowest BCUT2D eigenvalue weighted by Gasteiger charge is -2.14. The Morgan fingerprint density at radius 1 is 1.14 bits per heavy atom. The number of hydrogen-bond donors (Lipinski definition) is 1. The molecule has 0 amide bonds. The summed E-state index contributed by atoms with van der Waals surface area (Å²) in [7, 11) is 1.66. The Hall–Kier alpha value is -1.52. The van der Waals surface area contributed by atoms with Crippen molar-refractivity contribution in [1.29, 1.82) is 0 Å². The minimum atomic E-state index is -0.557. The van der Waals surface area contributed by atoms with Gasteiger partial charge >= 0.3 is 0 Å². The van der Waals surface area contributed by atoms with Crippen LogP contribution >= 0.6 is 15.9 Å². The van der Waals surface area contributed by atoms with Crippen LogP contribution in [0.1, 0.15) is 24.2 Å². The van der Waals surface area contributed by atoms with E-state index in [2.05, 4.69) is 15.9 Å². The van der Waals surface area contributed by atoms with E-state index in [1.807, 2.05) is 42.5 Å². The highest BCUT2D eigenvalue weighted by Gasteiger charge is 2.09. The first-order valence-corrected chi connectivity index (χ1v) is 7.62. The molecule has 1 atom stereocenters. The van der Waals surface area contributed by atoms with E-state index in [9.17, 15) is 5.11 Å². The molecule has 0 radical (unpaired) electrons. The Balaban J connectivity index is 1.96. The van der Waals surface area contributed by atoms with Crippen LogP contribution in [0, 0.1) is 0 Å². The molecule has 0 spiro atoms. The van der Waals surface area contributed by atoms with Gasteiger partial charge < -0.3 is 14.6 Å². The third-order valence-corrected chi connectivity index (χ3v) is 3.72. The maximum atomic E-state index is 9.79. The highest BCUT2D eigenvalue weighted by molar-refractivity contribution is 9.10. The van der Waals surface area contributed by atoms with E-state index in [1.165, 1.54) is 5.56 Å². The second-order valence-corrected chi connectivity index (χ2v) is 5.72. The molecular weight excluding hydrogens is 332 g/mol. The van der Waals surface area contributed by atoms with E-state index in [1.54, 1.807) is 14.0 Å². The maximum Gasteiger partial charge on any atom is 0.125 e. The second kappa shape index (κ2) is 7.48. The Kier molecular flexibility index (Phi) is 5.65. The fraction of sp³-hybridized carbons (Fsp3) is 0.294. The minimum Gasteiger partial charge on any atom is -0.497 e. The van der Waals surface area contributed by atoms with Gasteiger partial charge in [0.2, 0.25) is 0 Å². The molecule has 0 aromatic heterocycles. The van der Waals surface area contributed by atoms with Crippen LogP contribution in [-0.4, -0.2) is 18.8 Å². The molecule has 112 valence electrons. The van der Waals surface area contributed by atoms with Crippen molar-refractivity contribution < 1.29 is 14.6 Å². The van der Waals surface area contributed by atoms with Gasteiger partial charge in [0.25, 0.3) is 0 Å². The monoisotopic (exact) mass is 350 g/mol. The van der Waals surface area contributed by atoms with Gasteiger partial charge in [0.05, 0.1) is 19.8 Å². The summed E-state index contributed by atoms with van der Waals surface area (Å²) in [6.45, 7) is 2.30. The molecule has 2 aromatic rings. The number of halogens is 1. The first-order valence-electron chi connectivity index (χ1n) is 6.83. The SMILES string of the molecule is COc1ccc(CCOc2ccc(Br)cc2[C@@H](C)O)cc1. The van der Waals surface area contributed by atoms with Crippen LogP contribution < -0.4 is 9.47 Å². The van der Waals surface area contributed by atoms with Gasteiger partial charge in [-0.2, -0.15) is 0 Å². The van der Waals surface area contributed by atoms with Crippen LogP contribution in [-0.2, 0) is 6.42 Å².